The average molecular weight is 561 g/mol. The van der Waals surface area contributed by atoms with Gasteiger partial charge < -0.3 is 26.0 Å². The first-order valence-electron chi connectivity index (χ1n) is 14.6. The molecular weight excluding hydrogens is 512 g/mol. The summed E-state index contributed by atoms with van der Waals surface area (Å²) >= 11 is 0. The molecule has 2 aliphatic carbocycles. The zero-order chi connectivity index (χ0) is 30.0. The van der Waals surface area contributed by atoms with Crippen LogP contribution in [0.5, 0.6) is 0 Å². The number of amides is 4. The fourth-order valence-electron chi connectivity index (χ4n) is 6.02. The fraction of sp³-hybridized carbons (Fsp3) is 0.767. The van der Waals surface area contributed by atoms with Gasteiger partial charge in [-0.15, -0.1) is 6.58 Å². The topological polar surface area (TPSA) is 148 Å². The second-order valence-corrected chi connectivity index (χ2v) is 13.8. The van der Waals surface area contributed by atoms with Crippen LogP contribution in [-0.2, 0) is 23.9 Å². The molecule has 3 aliphatic rings. The zero-order valence-corrected chi connectivity index (χ0v) is 25.0. The Kier molecular flexibility index (Phi) is 9.73. The van der Waals surface area contributed by atoms with E-state index >= 15 is 0 Å². The number of nitrogens with two attached hydrogens (primary N) is 1. The number of alkyl carbamates (subject to hydrolysis) is 1. The minimum absolute atomic E-state index is 0.181. The molecule has 0 aromatic rings. The molecule has 6 atom stereocenters. The largest absolute Gasteiger partial charge is 0.446 e. The van der Waals surface area contributed by atoms with Crippen molar-refractivity contribution in [2.75, 3.05) is 6.54 Å². The van der Waals surface area contributed by atoms with Crippen LogP contribution in [0.15, 0.2) is 12.7 Å². The van der Waals surface area contributed by atoms with Crippen molar-refractivity contribution in [2.45, 2.75) is 111 Å². The van der Waals surface area contributed by atoms with E-state index in [-0.39, 0.29) is 17.9 Å². The highest BCUT2D eigenvalue weighted by atomic mass is 16.6. The lowest BCUT2D eigenvalue weighted by molar-refractivity contribution is -0.145. The monoisotopic (exact) mass is 560 g/mol. The lowest BCUT2D eigenvalue weighted by atomic mass is 9.74. The molecule has 3 unspecified atom stereocenters. The maximum atomic E-state index is 14.1. The van der Waals surface area contributed by atoms with Gasteiger partial charge >= 0.3 is 6.09 Å². The predicted molar refractivity (Wildman–Crippen MR) is 151 cm³/mol. The smallest absolute Gasteiger partial charge is 0.408 e. The summed E-state index contributed by atoms with van der Waals surface area (Å²) < 4.78 is 5.64. The third kappa shape index (κ3) is 7.63. The highest BCUT2D eigenvalue weighted by Gasteiger charge is 2.51. The van der Waals surface area contributed by atoms with E-state index < -0.39 is 58.6 Å². The van der Waals surface area contributed by atoms with Gasteiger partial charge in [0, 0.05) is 6.54 Å². The van der Waals surface area contributed by atoms with E-state index in [1.807, 2.05) is 34.6 Å². The van der Waals surface area contributed by atoms with Crippen molar-refractivity contribution >= 4 is 29.6 Å². The molecule has 10 nitrogen and oxygen atoms in total. The maximum absolute atomic E-state index is 14.1. The Hall–Kier alpha value is -2.91. The van der Waals surface area contributed by atoms with Gasteiger partial charge in [0.05, 0.1) is 6.04 Å². The molecule has 4 N–H and O–H groups in total. The van der Waals surface area contributed by atoms with Gasteiger partial charge in [-0.25, -0.2) is 4.79 Å². The van der Waals surface area contributed by atoms with Gasteiger partial charge in [-0.2, -0.15) is 0 Å². The van der Waals surface area contributed by atoms with Gasteiger partial charge in [0.15, 0.2) is 0 Å². The lowest BCUT2D eigenvalue weighted by Gasteiger charge is -2.39. The summed E-state index contributed by atoms with van der Waals surface area (Å²) in [5, 5.41) is 5.55. The van der Waals surface area contributed by atoms with E-state index in [0.29, 0.717) is 25.3 Å². The number of likely N-dealkylation sites (tertiary alicyclic amines) is 1. The number of nitrogens with zero attached hydrogens (tertiary/aromatic N) is 1. The summed E-state index contributed by atoms with van der Waals surface area (Å²) in [5.74, 6) is -2.41. The van der Waals surface area contributed by atoms with Crippen LogP contribution in [0.3, 0.4) is 0 Å². The highest BCUT2D eigenvalue weighted by Crippen LogP contribution is 2.41. The first-order valence-corrected chi connectivity index (χ1v) is 14.6. The number of carbonyl (C=O) groups excluding carboxylic acids is 5. The SMILES string of the molecule is C=CC(C)(C)[C@H]1CCN(C(=O)[C@@H](NC(=O)OC2CCC(C)C2)C(C)(C)C)[C@@H]1C(=O)NC(CC1CC1)C(=O)C(N)=O. The van der Waals surface area contributed by atoms with Crippen molar-refractivity contribution in [2.24, 2.45) is 34.3 Å². The standard InChI is InChI=1S/C30H48N4O6/c1-8-30(6,7)20-13-14-34(22(20)26(37)32-21(16-18-10-11-18)23(35)25(31)36)27(38)24(29(3,4)5)33-28(39)40-19-12-9-17(2)15-19/h8,17-22,24H,1,9-16H2,2-7H3,(H2,31,36)(H,32,37)(H,33,39)/t17?,19?,20-,21?,22-,24+/m0/s1. The molecule has 0 radical (unpaired) electrons. The second kappa shape index (κ2) is 12.3. The van der Waals surface area contributed by atoms with Crippen molar-refractivity contribution in [3.8, 4) is 0 Å². The number of ketones is 1. The molecule has 1 saturated heterocycles. The number of primary amides is 1. The molecule has 2 saturated carbocycles. The minimum atomic E-state index is -1.10. The molecular formula is C30H48N4O6. The normalized spacial score (nSPS) is 26.5. The number of carbonyl (C=O) groups is 5. The summed E-state index contributed by atoms with van der Waals surface area (Å²) in [6.07, 6.45) is 6.23. The Morgan fingerprint density at radius 2 is 1.68 bits per heavy atom. The first-order chi connectivity index (χ1) is 18.5. The summed E-state index contributed by atoms with van der Waals surface area (Å²) in [6.45, 7) is 15.8. The molecule has 0 aromatic carbocycles. The van der Waals surface area contributed by atoms with Crippen molar-refractivity contribution < 1.29 is 28.7 Å². The quantitative estimate of drug-likeness (QED) is 0.261. The summed E-state index contributed by atoms with van der Waals surface area (Å²) in [4.78, 5) is 66.7. The van der Waals surface area contributed by atoms with Crippen LogP contribution in [0.4, 0.5) is 4.79 Å². The van der Waals surface area contributed by atoms with Crippen LogP contribution < -0.4 is 16.4 Å². The number of ether oxygens (including phenoxy) is 1. The summed E-state index contributed by atoms with van der Waals surface area (Å²) in [6, 6.07) is -2.92. The lowest BCUT2D eigenvalue weighted by Crippen LogP contribution is -2.60. The Balaban J connectivity index is 1.86. The molecule has 1 heterocycles. The Morgan fingerprint density at radius 3 is 2.17 bits per heavy atom. The number of Topliss-reactive ketones (excluding diaryl/α,β-unsaturated/α-hetero) is 1. The number of allylic oxidation sites excluding steroid dienone is 1. The molecule has 3 rings (SSSR count). The van der Waals surface area contributed by atoms with Crippen LogP contribution in [0.25, 0.3) is 0 Å². The Morgan fingerprint density at radius 1 is 1.02 bits per heavy atom. The summed E-state index contributed by atoms with van der Waals surface area (Å²) in [5.41, 5.74) is 4.09. The van der Waals surface area contributed by atoms with E-state index in [1.165, 1.54) is 4.90 Å². The number of rotatable bonds is 11. The third-order valence-corrected chi connectivity index (χ3v) is 8.87. The molecule has 10 heteroatoms. The molecule has 0 spiro atoms. The van der Waals surface area contributed by atoms with Crippen molar-refractivity contribution in [3.63, 3.8) is 0 Å². The predicted octanol–water partition coefficient (Wildman–Crippen LogP) is 3.08. The third-order valence-electron chi connectivity index (χ3n) is 8.87. The average Bonchev–Trinajstić information content (AvgIpc) is 3.40. The van der Waals surface area contributed by atoms with Crippen molar-refractivity contribution in [1.29, 1.82) is 0 Å². The number of nitrogens with one attached hydrogen (secondary N) is 2. The van der Waals surface area contributed by atoms with Crippen molar-refractivity contribution in [3.05, 3.63) is 12.7 Å². The van der Waals surface area contributed by atoms with Crippen LogP contribution in [0, 0.1) is 28.6 Å². The van der Waals surface area contributed by atoms with E-state index in [4.69, 9.17) is 10.5 Å². The maximum Gasteiger partial charge on any atom is 0.408 e. The molecule has 1 aliphatic heterocycles. The van der Waals surface area contributed by atoms with E-state index in [0.717, 1.165) is 32.1 Å². The zero-order valence-electron chi connectivity index (χ0n) is 25.0. The van der Waals surface area contributed by atoms with Gasteiger partial charge in [-0.05, 0) is 60.7 Å². The first kappa shape index (κ1) is 31.6. The van der Waals surface area contributed by atoms with Crippen LogP contribution in [-0.4, -0.2) is 65.3 Å². The van der Waals surface area contributed by atoms with Gasteiger partial charge in [0.2, 0.25) is 17.6 Å². The van der Waals surface area contributed by atoms with E-state index in [9.17, 15) is 24.0 Å². The number of hydrogen-bond acceptors (Lipinski definition) is 6. The molecule has 40 heavy (non-hydrogen) atoms. The Bertz CT molecular complexity index is 1010. The molecule has 0 bridgehead atoms. The molecule has 3 fully saturated rings. The van der Waals surface area contributed by atoms with Crippen molar-refractivity contribution in [1.82, 2.24) is 15.5 Å². The van der Waals surface area contributed by atoms with E-state index in [2.05, 4.69) is 24.1 Å². The molecule has 4 amide bonds. The van der Waals surface area contributed by atoms with E-state index in [1.54, 1.807) is 6.08 Å². The van der Waals surface area contributed by atoms with Gasteiger partial charge in [-0.1, -0.05) is 60.5 Å². The van der Waals surface area contributed by atoms with Gasteiger partial charge in [0.1, 0.15) is 18.2 Å². The van der Waals surface area contributed by atoms with Crippen LogP contribution in [0.1, 0.15) is 86.5 Å². The van der Waals surface area contributed by atoms with Gasteiger partial charge in [0.25, 0.3) is 5.91 Å². The number of hydrogen-bond donors (Lipinski definition) is 3. The second-order valence-electron chi connectivity index (χ2n) is 13.8. The van der Waals surface area contributed by atoms with Crippen LogP contribution >= 0.6 is 0 Å². The molecule has 224 valence electrons. The summed E-state index contributed by atoms with van der Waals surface area (Å²) in [7, 11) is 0. The molecule has 0 aromatic heterocycles. The fourth-order valence-corrected chi connectivity index (χ4v) is 6.02. The van der Waals surface area contributed by atoms with Crippen LogP contribution in [0.2, 0.25) is 0 Å². The van der Waals surface area contributed by atoms with Gasteiger partial charge in [-0.3, -0.25) is 19.2 Å². The highest BCUT2D eigenvalue weighted by molar-refractivity contribution is 6.37. The minimum Gasteiger partial charge on any atom is -0.446 e. The Labute approximate surface area is 238 Å².